The maximum atomic E-state index is 12.3. The molecule has 2 rings (SSSR count). The van der Waals surface area contributed by atoms with E-state index in [1.807, 2.05) is 0 Å². The lowest BCUT2D eigenvalue weighted by Gasteiger charge is -2.32. The van der Waals surface area contributed by atoms with Crippen LogP contribution >= 0.6 is 11.8 Å². The van der Waals surface area contributed by atoms with E-state index < -0.39 is 28.4 Å². The van der Waals surface area contributed by atoms with Crippen molar-refractivity contribution in [3.63, 3.8) is 0 Å². The Morgan fingerprint density at radius 3 is 2.52 bits per heavy atom. The molecule has 27 heavy (non-hydrogen) atoms. The van der Waals surface area contributed by atoms with Gasteiger partial charge >= 0.3 is 5.97 Å². The van der Waals surface area contributed by atoms with Crippen molar-refractivity contribution in [3.8, 4) is 6.07 Å². The smallest absolute Gasteiger partial charge is 0.317 e. The zero-order valence-corrected chi connectivity index (χ0v) is 15.8. The molecular weight excluding hydrogens is 370 g/mol. The topological polar surface area (TPSA) is 122 Å². The third-order valence-corrected chi connectivity index (χ3v) is 5.35. The number of carbonyl (C=O) groups excluding carboxylic acids is 2. The number of esters is 1. The third kappa shape index (κ3) is 5.96. The van der Waals surface area contributed by atoms with Gasteiger partial charge in [0.05, 0.1) is 16.7 Å². The summed E-state index contributed by atoms with van der Waals surface area (Å²) in [7, 11) is 0. The van der Waals surface area contributed by atoms with Gasteiger partial charge in [-0.15, -0.1) is 11.8 Å². The molecule has 1 amide bonds. The van der Waals surface area contributed by atoms with Crippen molar-refractivity contribution in [2.45, 2.75) is 55.6 Å². The molecule has 1 atom stereocenters. The highest BCUT2D eigenvalue weighted by Crippen LogP contribution is 2.27. The molecule has 0 heterocycles. The van der Waals surface area contributed by atoms with Gasteiger partial charge in [0.25, 0.3) is 11.6 Å². The van der Waals surface area contributed by atoms with E-state index in [1.165, 1.54) is 19.1 Å². The van der Waals surface area contributed by atoms with Gasteiger partial charge in [-0.05, 0) is 31.9 Å². The van der Waals surface area contributed by atoms with Crippen molar-refractivity contribution in [1.82, 2.24) is 5.32 Å². The summed E-state index contributed by atoms with van der Waals surface area (Å²) in [5.74, 6) is -1.08. The molecule has 144 valence electrons. The van der Waals surface area contributed by atoms with Crippen LogP contribution in [0.1, 0.15) is 39.0 Å². The number of nitrogens with zero attached hydrogens (tertiary/aromatic N) is 2. The Morgan fingerprint density at radius 2 is 1.96 bits per heavy atom. The van der Waals surface area contributed by atoms with Gasteiger partial charge < -0.3 is 10.1 Å². The predicted octanol–water partition coefficient (Wildman–Crippen LogP) is 2.96. The fourth-order valence-corrected chi connectivity index (χ4v) is 3.53. The van der Waals surface area contributed by atoms with Gasteiger partial charge in [-0.3, -0.25) is 19.7 Å². The van der Waals surface area contributed by atoms with Crippen molar-refractivity contribution in [2.24, 2.45) is 0 Å². The van der Waals surface area contributed by atoms with Crippen molar-refractivity contribution < 1.29 is 19.2 Å². The summed E-state index contributed by atoms with van der Waals surface area (Å²) < 4.78 is 5.14. The molecule has 1 saturated carbocycles. The highest BCUT2D eigenvalue weighted by Gasteiger charge is 2.35. The molecule has 1 fully saturated rings. The van der Waals surface area contributed by atoms with Crippen LogP contribution in [-0.2, 0) is 14.3 Å². The average Bonchev–Trinajstić information content (AvgIpc) is 2.67. The summed E-state index contributed by atoms with van der Waals surface area (Å²) in [6.07, 6.45) is 3.02. The number of benzene rings is 1. The Kier molecular flexibility index (Phi) is 7.19. The summed E-state index contributed by atoms with van der Waals surface area (Å²) in [5, 5.41) is 22.7. The minimum atomic E-state index is -0.998. The van der Waals surface area contributed by atoms with Crippen molar-refractivity contribution in [2.75, 3.05) is 5.75 Å². The normalized spacial score (nSPS) is 16.6. The van der Waals surface area contributed by atoms with Crippen LogP contribution in [0.3, 0.4) is 0 Å². The minimum absolute atomic E-state index is 0.0265. The molecule has 1 aromatic carbocycles. The third-order valence-electron chi connectivity index (χ3n) is 4.37. The molecule has 0 aromatic heterocycles. The molecular formula is C18H21N3O5S. The van der Waals surface area contributed by atoms with Gasteiger partial charge in [-0.1, -0.05) is 19.3 Å². The van der Waals surface area contributed by atoms with Gasteiger partial charge in [-0.25, -0.2) is 0 Å². The van der Waals surface area contributed by atoms with Crippen LogP contribution in [0.4, 0.5) is 5.69 Å². The molecule has 1 unspecified atom stereocenters. The Bertz CT molecular complexity index is 738. The molecule has 1 aromatic rings. The van der Waals surface area contributed by atoms with Crippen molar-refractivity contribution in [3.05, 3.63) is 34.4 Å². The Morgan fingerprint density at radius 1 is 1.33 bits per heavy atom. The number of nitriles is 1. The highest BCUT2D eigenvalue weighted by atomic mass is 32.2. The predicted molar refractivity (Wildman–Crippen MR) is 98.9 cm³/mol. The maximum absolute atomic E-state index is 12.3. The average molecular weight is 391 g/mol. The maximum Gasteiger partial charge on any atom is 0.317 e. The number of ether oxygens (including phenoxy) is 1. The Hall–Kier alpha value is -2.60. The van der Waals surface area contributed by atoms with Crippen LogP contribution in [0.25, 0.3) is 0 Å². The van der Waals surface area contributed by atoms with Gasteiger partial charge in [0, 0.05) is 17.0 Å². The first kappa shape index (κ1) is 20.7. The molecule has 0 spiro atoms. The summed E-state index contributed by atoms with van der Waals surface area (Å²) in [6.45, 7) is 1.47. The van der Waals surface area contributed by atoms with Crippen LogP contribution in [0.15, 0.2) is 29.2 Å². The van der Waals surface area contributed by atoms with Crippen LogP contribution < -0.4 is 5.32 Å². The van der Waals surface area contributed by atoms with E-state index in [0.29, 0.717) is 17.7 Å². The summed E-state index contributed by atoms with van der Waals surface area (Å²) in [5.41, 5.74) is -0.898. The molecule has 8 nitrogen and oxygen atoms in total. The Balaban J connectivity index is 1.81. The quantitative estimate of drug-likeness (QED) is 0.328. The van der Waals surface area contributed by atoms with Gasteiger partial charge in [0.2, 0.25) is 0 Å². The van der Waals surface area contributed by atoms with Gasteiger partial charge in [0.1, 0.15) is 5.54 Å². The largest absolute Gasteiger partial charge is 0.452 e. The molecule has 0 bridgehead atoms. The summed E-state index contributed by atoms with van der Waals surface area (Å²) in [4.78, 5) is 35.0. The molecule has 9 heteroatoms. The number of rotatable bonds is 7. The Labute approximate surface area is 161 Å². The highest BCUT2D eigenvalue weighted by molar-refractivity contribution is 8.00. The number of nitro groups is 1. The molecule has 0 aliphatic heterocycles. The fourth-order valence-electron chi connectivity index (χ4n) is 2.85. The van der Waals surface area contributed by atoms with Gasteiger partial charge in [0.15, 0.2) is 6.10 Å². The first-order valence-corrected chi connectivity index (χ1v) is 9.64. The number of hydrogen-bond donors (Lipinski definition) is 1. The number of thioether (sulfide) groups is 1. The number of nitrogens with one attached hydrogen (secondary N) is 1. The van der Waals surface area contributed by atoms with E-state index in [4.69, 9.17) is 4.74 Å². The van der Waals surface area contributed by atoms with E-state index in [9.17, 15) is 25.0 Å². The molecule has 0 saturated heterocycles. The van der Waals surface area contributed by atoms with Crippen molar-refractivity contribution in [1.29, 1.82) is 5.26 Å². The number of nitro benzene ring substituents is 1. The lowest BCUT2D eigenvalue weighted by Crippen LogP contribution is -2.52. The number of non-ortho nitro benzene ring substituents is 1. The van der Waals surface area contributed by atoms with E-state index >= 15 is 0 Å². The SMILES string of the molecule is CC(OC(=O)CSc1ccc([N+](=O)[O-])cc1)C(=O)NC1(C#N)CCCCC1. The first-order chi connectivity index (χ1) is 12.8. The molecule has 0 radical (unpaired) electrons. The zero-order valence-electron chi connectivity index (χ0n) is 15.0. The lowest BCUT2D eigenvalue weighted by molar-refractivity contribution is -0.384. The van der Waals surface area contributed by atoms with Gasteiger partial charge in [-0.2, -0.15) is 5.26 Å². The second-order valence-corrected chi connectivity index (χ2v) is 7.46. The second-order valence-electron chi connectivity index (χ2n) is 6.42. The molecule has 1 aliphatic rings. The van der Waals surface area contributed by atoms with Crippen LogP contribution in [0.2, 0.25) is 0 Å². The molecule has 1 aliphatic carbocycles. The van der Waals surface area contributed by atoms with Crippen LogP contribution in [0, 0.1) is 21.4 Å². The van der Waals surface area contributed by atoms with E-state index in [2.05, 4.69) is 11.4 Å². The summed E-state index contributed by atoms with van der Waals surface area (Å²) in [6, 6.07) is 8.00. The lowest BCUT2D eigenvalue weighted by atomic mass is 9.83. The first-order valence-electron chi connectivity index (χ1n) is 8.65. The number of hydrogen-bond acceptors (Lipinski definition) is 7. The second kappa shape index (κ2) is 9.37. The number of carbonyl (C=O) groups is 2. The minimum Gasteiger partial charge on any atom is -0.452 e. The zero-order chi connectivity index (χ0) is 19.9. The summed E-state index contributed by atoms with van der Waals surface area (Å²) >= 11 is 1.16. The molecule has 1 N–H and O–H groups in total. The van der Waals surface area contributed by atoms with Crippen molar-refractivity contribution >= 4 is 29.3 Å². The van der Waals surface area contributed by atoms with E-state index in [0.717, 1.165) is 31.0 Å². The fraction of sp³-hybridized carbons (Fsp3) is 0.500. The van der Waals surface area contributed by atoms with Crippen LogP contribution in [-0.4, -0.2) is 34.2 Å². The monoisotopic (exact) mass is 391 g/mol. The van der Waals surface area contributed by atoms with Crippen LogP contribution in [0.5, 0.6) is 0 Å². The van der Waals surface area contributed by atoms with E-state index in [-0.39, 0.29) is 11.4 Å². The standard InChI is InChI=1S/C18H21N3O5S/c1-13(17(23)20-18(12-19)9-3-2-4-10-18)26-16(22)11-27-15-7-5-14(6-8-15)21(24)25/h5-8,13H,2-4,9-11H2,1H3,(H,20,23). The number of amides is 1. The van der Waals surface area contributed by atoms with E-state index in [1.54, 1.807) is 12.1 Å².